The number of H-pyrrole nitrogens is 1. The zero-order valence-corrected chi connectivity index (χ0v) is 13.7. The summed E-state index contributed by atoms with van der Waals surface area (Å²) in [6.07, 6.45) is -0.385. The van der Waals surface area contributed by atoms with Crippen LogP contribution in [0.1, 0.15) is 32.1 Å². The quantitative estimate of drug-likeness (QED) is 0.763. The van der Waals surface area contributed by atoms with Crippen molar-refractivity contribution >= 4 is 33.1 Å². The molecule has 2 aromatic rings. The fraction of sp³-hybridized carbons (Fsp3) is 0.429. The molecule has 0 spiro atoms. The first kappa shape index (κ1) is 15.6. The van der Waals surface area contributed by atoms with Crippen LogP contribution in [0.4, 0.5) is 4.79 Å². The third-order valence-electron chi connectivity index (χ3n) is 3.11. The van der Waals surface area contributed by atoms with E-state index in [0.29, 0.717) is 23.9 Å². The van der Waals surface area contributed by atoms with Crippen molar-refractivity contribution < 1.29 is 14.6 Å². The summed E-state index contributed by atoms with van der Waals surface area (Å²) in [5.74, 6) is 1.64. The Bertz CT molecular complexity index is 654. The predicted octanol–water partition coefficient (Wildman–Crippen LogP) is 3.69. The number of carbonyl (C=O) groups is 1. The number of nitrogens with zero attached hydrogens (tertiary/aromatic N) is 1. The molecule has 1 atom stereocenters. The molecule has 0 radical (unpaired) electrons. The summed E-state index contributed by atoms with van der Waals surface area (Å²) in [5, 5.41) is 11.5. The summed E-state index contributed by atoms with van der Waals surface area (Å²) in [5.41, 5.74) is 1.57. The number of carboxylic acid groups (broad SMARTS) is 1. The lowest BCUT2D eigenvalue weighted by molar-refractivity contribution is 0.187. The maximum atomic E-state index is 11.0. The van der Waals surface area contributed by atoms with Gasteiger partial charge in [0.25, 0.3) is 0 Å². The van der Waals surface area contributed by atoms with Gasteiger partial charge in [-0.25, -0.2) is 9.78 Å². The Morgan fingerprint density at radius 1 is 1.52 bits per heavy atom. The van der Waals surface area contributed by atoms with Gasteiger partial charge in [0, 0.05) is 6.07 Å². The number of hydrogen-bond acceptors (Lipinski definition) is 3. The van der Waals surface area contributed by atoms with Crippen LogP contribution in [0.15, 0.2) is 16.6 Å². The highest BCUT2D eigenvalue weighted by atomic mass is 79.9. The molecule has 0 bridgehead atoms. The van der Waals surface area contributed by atoms with Gasteiger partial charge in [-0.15, -0.1) is 0 Å². The number of fused-ring (bicyclic) bond motifs is 1. The van der Waals surface area contributed by atoms with E-state index in [4.69, 9.17) is 9.84 Å². The van der Waals surface area contributed by atoms with Crippen LogP contribution in [0, 0.1) is 5.92 Å². The molecule has 21 heavy (non-hydrogen) atoms. The molecule has 6 nitrogen and oxygen atoms in total. The average molecular weight is 356 g/mol. The fourth-order valence-electron chi connectivity index (χ4n) is 2.21. The number of hydrogen-bond donors (Lipinski definition) is 3. The summed E-state index contributed by atoms with van der Waals surface area (Å²) in [6, 6.07) is 3.32. The third-order valence-corrected chi connectivity index (χ3v) is 3.73. The van der Waals surface area contributed by atoms with Gasteiger partial charge in [0.1, 0.15) is 11.6 Å². The Morgan fingerprint density at radius 2 is 2.24 bits per heavy atom. The van der Waals surface area contributed by atoms with Crippen LogP contribution < -0.4 is 10.1 Å². The molecule has 1 unspecified atom stereocenters. The van der Waals surface area contributed by atoms with Crippen molar-refractivity contribution in [2.75, 3.05) is 7.11 Å². The molecule has 1 aromatic carbocycles. The van der Waals surface area contributed by atoms with Gasteiger partial charge in [-0.05, 0) is 34.3 Å². The second kappa shape index (κ2) is 6.34. The molecule has 1 heterocycles. The number of nitrogens with one attached hydrogen (secondary N) is 2. The Morgan fingerprint density at radius 3 is 2.81 bits per heavy atom. The zero-order valence-electron chi connectivity index (χ0n) is 12.1. The summed E-state index contributed by atoms with van der Waals surface area (Å²) in [6.45, 7) is 4.08. The Kier molecular flexibility index (Phi) is 4.72. The summed E-state index contributed by atoms with van der Waals surface area (Å²) in [4.78, 5) is 18.6. The normalized spacial score (nSPS) is 12.6. The minimum atomic E-state index is -1.06. The van der Waals surface area contributed by atoms with Gasteiger partial charge < -0.3 is 20.1 Å². The highest BCUT2D eigenvalue weighted by Gasteiger charge is 2.20. The second-order valence-corrected chi connectivity index (χ2v) is 6.11. The van der Waals surface area contributed by atoms with E-state index in [9.17, 15) is 4.79 Å². The van der Waals surface area contributed by atoms with E-state index in [1.165, 1.54) is 0 Å². The van der Waals surface area contributed by atoms with Crippen molar-refractivity contribution in [2.24, 2.45) is 5.92 Å². The topological polar surface area (TPSA) is 87.2 Å². The van der Waals surface area contributed by atoms with Gasteiger partial charge in [0.2, 0.25) is 0 Å². The van der Waals surface area contributed by atoms with E-state index < -0.39 is 6.09 Å². The Hall–Kier alpha value is -1.76. The molecule has 1 aromatic heterocycles. The molecule has 2 rings (SSSR count). The molecule has 7 heteroatoms. The van der Waals surface area contributed by atoms with Gasteiger partial charge in [0.15, 0.2) is 0 Å². The van der Waals surface area contributed by atoms with E-state index in [1.54, 1.807) is 7.11 Å². The minimum Gasteiger partial charge on any atom is -0.495 e. The van der Waals surface area contributed by atoms with Gasteiger partial charge in [-0.2, -0.15) is 0 Å². The van der Waals surface area contributed by atoms with E-state index in [-0.39, 0.29) is 6.04 Å². The average Bonchev–Trinajstić information content (AvgIpc) is 2.78. The number of aromatic nitrogens is 2. The SMILES string of the molecule is COc1cc2nc(C(CC(C)C)NC(=O)O)[nH]c2cc1Br. The van der Waals surface area contributed by atoms with Crippen molar-refractivity contribution in [1.29, 1.82) is 0 Å². The zero-order chi connectivity index (χ0) is 15.6. The lowest BCUT2D eigenvalue weighted by atomic mass is 10.0. The fourth-order valence-corrected chi connectivity index (χ4v) is 2.72. The number of imidazole rings is 1. The molecule has 0 fully saturated rings. The highest BCUT2D eigenvalue weighted by molar-refractivity contribution is 9.10. The number of ether oxygens (including phenoxy) is 1. The van der Waals surface area contributed by atoms with Crippen LogP contribution in [0.2, 0.25) is 0 Å². The smallest absolute Gasteiger partial charge is 0.405 e. The van der Waals surface area contributed by atoms with Crippen LogP contribution >= 0.6 is 15.9 Å². The predicted molar refractivity (Wildman–Crippen MR) is 83.7 cm³/mol. The Balaban J connectivity index is 2.40. The van der Waals surface area contributed by atoms with E-state index >= 15 is 0 Å². The van der Waals surface area contributed by atoms with Crippen LogP contribution in [0.3, 0.4) is 0 Å². The monoisotopic (exact) mass is 355 g/mol. The van der Waals surface area contributed by atoms with Gasteiger partial charge in [-0.1, -0.05) is 13.8 Å². The van der Waals surface area contributed by atoms with Crippen LogP contribution in [0.25, 0.3) is 11.0 Å². The molecule has 1 amide bonds. The highest BCUT2D eigenvalue weighted by Crippen LogP contribution is 2.30. The van der Waals surface area contributed by atoms with Gasteiger partial charge >= 0.3 is 6.09 Å². The second-order valence-electron chi connectivity index (χ2n) is 5.26. The summed E-state index contributed by atoms with van der Waals surface area (Å²) in [7, 11) is 1.59. The van der Waals surface area contributed by atoms with E-state index in [0.717, 1.165) is 15.5 Å². The first-order chi connectivity index (χ1) is 9.90. The Labute approximate surface area is 131 Å². The van der Waals surface area contributed by atoms with Gasteiger partial charge in [-0.3, -0.25) is 0 Å². The lowest BCUT2D eigenvalue weighted by Gasteiger charge is -2.16. The number of methoxy groups -OCH3 is 1. The maximum Gasteiger partial charge on any atom is 0.405 e. The number of amides is 1. The van der Waals surface area contributed by atoms with Crippen molar-refractivity contribution in [2.45, 2.75) is 26.3 Å². The molecule has 0 aliphatic heterocycles. The molecule has 0 aliphatic carbocycles. The van der Waals surface area contributed by atoms with Gasteiger partial charge in [0.05, 0.1) is 28.7 Å². The van der Waals surface area contributed by atoms with Crippen molar-refractivity contribution in [3.8, 4) is 5.75 Å². The van der Waals surface area contributed by atoms with Crippen LogP contribution in [0.5, 0.6) is 5.75 Å². The summed E-state index contributed by atoms with van der Waals surface area (Å²) >= 11 is 3.42. The number of benzene rings is 1. The molecular formula is C14H18BrN3O3. The standard InChI is InChI=1S/C14H18BrN3O3/c1-7(2)4-11(18-14(19)20)13-16-9-5-8(15)12(21-3)6-10(9)17-13/h5-7,11,18H,4H2,1-3H3,(H,16,17)(H,19,20). The molecule has 114 valence electrons. The van der Waals surface area contributed by atoms with Crippen molar-refractivity contribution in [3.63, 3.8) is 0 Å². The maximum absolute atomic E-state index is 11.0. The van der Waals surface area contributed by atoms with E-state index in [2.05, 4.69) is 31.2 Å². The molecular weight excluding hydrogens is 338 g/mol. The van der Waals surface area contributed by atoms with E-state index in [1.807, 2.05) is 26.0 Å². The molecule has 0 saturated carbocycles. The van der Waals surface area contributed by atoms with Crippen molar-refractivity contribution in [3.05, 3.63) is 22.4 Å². The third kappa shape index (κ3) is 3.66. The first-order valence-electron chi connectivity index (χ1n) is 6.63. The molecule has 0 aliphatic rings. The number of halogens is 1. The number of aromatic amines is 1. The van der Waals surface area contributed by atoms with Crippen molar-refractivity contribution in [1.82, 2.24) is 15.3 Å². The lowest BCUT2D eigenvalue weighted by Crippen LogP contribution is -2.28. The number of rotatable bonds is 5. The summed E-state index contributed by atoms with van der Waals surface area (Å²) < 4.78 is 6.06. The molecule has 3 N–H and O–H groups in total. The van der Waals surface area contributed by atoms with Crippen LogP contribution in [-0.4, -0.2) is 28.3 Å². The molecule has 0 saturated heterocycles. The largest absolute Gasteiger partial charge is 0.495 e. The van der Waals surface area contributed by atoms with Crippen LogP contribution in [-0.2, 0) is 0 Å². The minimum absolute atomic E-state index is 0.344. The first-order valence-corrected chi connectivity index (χ1v) is 7.42.